The van der Waals surface area contributed by atoms with Crippen LogP contribution >= 0.6 is 0 Å². The van der Waals surface area contributed by atoms with E-state index in [2.05, 4.69) is 0 Å². The third kappa shape index (κ3) is 3.84. The topological polar surface area (TPSA) is 82.6 Å². The summed E-state index contributed by atoms with van der Waals surface area (Å²) in [4.78, 5) is 22.6. The summed E-state index contributed by atoms with van der Waals surface area (Å²) in [7, 11) is 0. The summed E-state index contributed by atoms with van der Waals surface area (Å²) in [6.45, 7) is 0.0208. The summed E-state index contributed by atoms with van der Waals surface area (Å²) >= 11 is 0. The van der Waals surface area contributed by atoms with Crippen molar-refractivity contribution in [3.05, 3.63) is 105 Å². The third-order valence-electron chi connectivity index (χ3n) is 4.44. The average Bonchev–Trinajstić information content (AvgIpc) is 2.72. The third-order valence-corrected chi connectivity index (χ3v) is 4.44. The molecule has 0 fully saturated rings. The molecule has 29 heavy (non-hydrogen) atoms. The summed E-state index contributed by atoms with van der Waals surface area (Å²) in [5, 5.41) is 11.7. The van der Waals surface area contributed by atoms with E-state index in [-0.39, 0.29) is 23.7 Å². The molecule has 1 heterocycles. The summed E-state index contributed by atoms with van der Waals surface area (Å²) in [6, 6.07) is 18.5. The molecule has 4 rings (SSSR count). The number of fused-ring (bicyclic) bond motifs is 1. The first-order valence-electron chi connectivity index (χ1n) is 8.70. The lowest BCUT2D eigenvalue weighted by atomic mass is 10.0. The molecule has 0 atom stereocenters. The number of hydrogen-bond acceptors (Lipinski definition) is 5. The van der Waals surface area contributed by atoms with Crippen molar-refractivity contribution < 1.29 is 18.5 Å². The molecule has 0 aliphatic carbocycles. The number of nitro benzene ring substituents is 1. The van der Waals surface area contributed by atoms with Gasteiger partial charge in [0.2, 0.25) is 0 Å². The Morgan fingerprint density at radius 1 is 1.00 bits per heavy atom. The highest BCUT2D eigenvalue weighted by molar-refractivity contribution is 5.94. The number of halogens is 1. The number of nitro groups is 1. The second-order valence-corrected chi connectivity index (χ2v) is 6.32. The molecule has 1 aromatic heterocycles. The smallest absolute Gasteiger partial charge is 0.336 e. The molecule has 0 saturated heterocycles. The molecule has 0 spiro atoms. The van der Waals surface area contributed by atoms with Gasteiger partial charge in [0.05, 0.1) is 4.92 Å². The summed E-state index contributed by atoms with van der Waals surface area (Å²) in [5.74, 6) is 0.0351. The number of nitrogens with zero attached hydrogens (tertiary/aromatic N) is 1. The number of non-ortho nitro benzene ring substituents is 1. The number of ether oxygens (including phenoxy) is 1. The zero-order chi connectivity index (χ0) is 20.4. The van der Waals surface area contributed by atoms with Crippen molar-refractivity contribution >= 4 is 16.7 Å². The molecule has 0 N–H and O–H groups in total. The van der Waals surface area contributed by atoms with Crippen molar-refractivity contribution in [2.75, 3.05) is 0 Å². The fraction of sp³-hybridized carbons (Fsp3) is 0.0455. The van der Waals surface area contributed by atoms with Gasteiger partial charge in [-0.3, -0.25) is 10.1 Å². The number of hydrogen-bond donors (Lipinski definition) is 0. The van der Waals surface area contributed by atoms with Crippen LogP contribution in [0.5, 0.6) is 5.75 Å². The van der Waals surface area contributed by atoms with Gasteiger partial charge in [0.15, 0.2) is 0 Å². The molecule has 7 heteroatoms. The molecular formula is C22H14FNO5. The molecule has 3 aromatic carbocycles. The highest BCUT2D eigenvalue weighted by Gasteiger charge is 2.13. The predicted octanol–water partition coefficient (Wildman–Crippen LogP) is 5.09. The van der Waals surface area contributed by atoms with Gasteiger partial charge in [0.1, 0.15) is 23.8 Å². The Morgan fingerprint density at radius 3 is 2.62 bits per heavy atom. The molecule has 4 aromatic rings. The minimum absolute atomic E-state index is 0.0208. The van der Waals surface area contributed by atoms with Crippen LogP contribution in [0.2, 0.25) is 0 Å². The molecule has 0 aliphatic heterocycles. The van der Waals surface area contributed by atoms with Gasteiger partial charge >= 0.3 is 5.63 Å². The fourth-order valence-corrected chi connectivity index (χ4v) is 3.04. The van der Waals surface area contributed by atoms with Crippen LogP contribution in [0.3, 0.4) is 0 Å². The summed E-state index contributed by atoms with van der Waals surface area (Å²) < 4.78 is 24.6. The van der Waals surface area contributed by atoms with Crippen LogP contribution < -0.4 is 10.4 Å². The van der Waals surface area contributed by atoms with Gasteiger partial charge in [-0.2, -0.15) is 0 Å². The zero-order valence-corrected chi connectivity index (χ0v) is 15.0. The standard InChI is InChI=1S/C22H14FNO5/c23-20-7-2-1-4-15(20)13-28-17-8-9-18-19(12-22(25)29-21(18)11-17)14-5-3-6-16(10-14)24(26)27/h1-12H,13H2. The van der Waals surface area contributed by atoms with E-state index in [0.29, 0.717) is 27.8 Å². The average molecular weight is 391 g/mol. The van der Waals surface area contributed by atoms with E-state index in [1.807, 2.05) is 0 Å². The Labute approximate surface area is 163 Å². The molecule has 0 amide bonds. The lowest BCUT2D eigenvalue weighted by Gasteiger charge is -2.10. The van der Waals surface area contributed by atoms with Gasteiger partial charge < -0.3 is 9.15 Å². The van der Waals surface area contributed by atoms with E-state index >= 15 is 0 Å². The first kappa shape index (κ1) is 18.4. The minimum atomic E-state index is -0.592. The maximum atomic E-state index is 13.7. The first-order chi connectivity index (χ1) is 14.0. The van der Waals surface area contributed by atoms with Crippen molar-refractivity contribution in [2.24, 2.45) is 0 Å². The Balaban J connectivity index is 1.71. The zero-order valence-electron chi connectivity index (χ0n) is 15.0. The van der Waals surface area contributed by atoms with Crippen LogP contribution in [0.4, 0.5) is 10.1 Å². The van der Waals surface area contributed by atoms with Crippen molar-refractivity contribution in [2.45, 2.75) is 6.61 Å². The second kappa shape index (κ2) is 7.55. The van der Waals surface area contributed by atoms with Crippen molar-refractivity contribution in [3.63, 3.8) is 0 Å². The van der Waals surface area contributed by atoms with Crippen molar-refractivity contribution in [1.82, 2.24) is 0 Å². The van der Waals surface area contributed by atoms with E-state index in [9.17, 15) is 19.3 Å². The van der Waals surface area contributed by atoms with Crippen LogP contribution in [0.15, 0.2) is 82.0 Å². The van der Waals surface area contributed by atoms with E-state index in [4.69, 9.17) is 9.15 Å². The first-order valence-corrected chi connectivity index (χ1v) is 8.70. The molecule has 0 saturated carbocycles. The lowest BCUT2D eigenvalue weighted by Crippen LogP contribution is -2.00. The molecule has 0 unspecified atom stereocenters. The van der Waals surface area contributed by atoms with Gasteiger partial charge in [-0.1, -0.05) is 30.3 Å². The number of benzene rings is 3. The SMILES string of the molecule is O=c1cc(-c2cccc([N+](=O)[O-])c2)c2ccc(OCc3ccccc3F)cc2o1. The van der Waals surface area contributed by atoms with E-state index in [1.165, 1.54) is 24.3 Å². The largest absolute Gasteiger partial charge is 0.489 e. The maximum Gasteiger partial charge on any atom is 0.336 e. The van der Waals surface area contributed by atoms with Crippen LogP contribution in [-0.4, -0.2) is 4.92 Å². The summed E-state index contributed by atoms with van der Waals surface area (Å²) in [6.07, 6.45) is 0. The van der Waals surface area contributed by atoms with Crippen LogP contribution in [0, 0.1) is 15.9 Å². The predicted molar refractivity (Wildman–Crippen MR) is 105 cm³/mol. The number of rotatable bonds is 5. The molecule has 0 radical (unpaired) electrons. The van der Waals surface area contributed by atoms with Gasteiger partial charge in [0, 0.05) is 40.8 Å². The molecule has 0 aliphatic rings. The molecule has 144 valence electrons. The second-order valence-electron chi connectivity index (χ2n) is 6.32. The van der Waals surface area contributed by atoms with Gasteiger partial charge in [-0.05, 0) is 23.8 Å². The van der Waals surface area contributed by atoms with Crippen LogP contribution in [0.25, 0.3) is 22.1 Å². The Bertz CT molecular complexity index is 1280. The highest BCUT2D eigenvalue weighted by atomic mass is 19.1. The van der Waals surface area contributed by atoms with Crippen molar-refractivity contribution in [3.8, 4) is 16.9 Å². The van der Waals surface area contributed by atoms with Crippen LogP contribution in [0.1, 0.15) is 5.56 Å². The Hall–Kier alpha value is -4.00. The van der Waals surface area contributed by atoms with E-state index < -0.39 is 10.5 Å². The summed E-state index contributed by atoms with van der Waals surface area (Å²) in [5.41, 5.74) is 1.04. The highest BCUT2D eigenvalue weighted by Crippen LogP contribution is 2.31. The van der Waals surface area contributed by atoms with Gasteiger partial charge in [-0.15, -0.1) is 0 Å². The molecule has 0 bridgehead atoms. The maximum absolute atomic E-state index is 13.7. The molecular weight excluding hydrogens is 377 g/mol. The van der Waals surface area contributed by atoms with Gasteiger partial charge in [-0.25, -0.2) is 9.18 Å². The van der Waals surface area contributed by atoms with Gasteiger partial charge in [0.25, 0.3) is 5.69 Å². The van der Waals surface area contributed by atoms with E-state index in [0.717, 1.165) is 0 Å². The Kier molecular flexibility index (Phi) is 4.78. The van der Waals surface area contributed by atoms with E-state index in [1.54, 1.807) is 48.5 Å². The minimum Gasteiger partial charge on any atom is -0.489 e. The Morgan fingerprint density at radius 2 is 1.83 bits per heavy atom. The quantitative estimate of drug-likeness (QED) is 0.269. The lowest BCUT2D eigenvalue weighted by molar-refractivity contribution is -0.384. The monoisotopic (exact) mass is 391 g/mol. The molecule has 6 nitrogen and oxygen atoms in total. The van der Waals surface area contributed by atoms with Crippen LogP contribution in [-0.2, 0) is 6.61 Å². The van der Waals surface area contributed by atoms with Crippen molar-refractivity contribution in [1.29, 1.82) is 0 Å². The normalized spacial score (nSPS) is 10.8. The fourth-order valence-electron chi connectivity index (χ4n) is 3.04.